The number of rotatable bonds is 7. The van der Waals surface area contributed by atoms with Crippen molar-refractivity contribution < 1.29 is 44.1 Å². The Kier molecular flexibility index (Phi) is 7.69. The van der Waals surface area contributed by atoms with Gasteiger partial charge in [-0.15, -0.1) is 0 Å². The molecule has 0 bridgehead atoms. The van der Waals surface area contributed by atoms with Crippen molar-refractivity contribution in [3.8, 4) is 0 Å². The third-order valence-corrected chi connectivity index (χ3v) is 6.38. The van der Waals surface area contributed by atoms with Crippen molar-refractivity contribution in [1.82, 2.24) is 0 Å². The molecule has 0 amide bonds. The molecule has 6 atom stereocenters. The molecule has 2 aliphatic heterocycles. The van der Waals surface area contributed by atoms with Crippen LogP contribution in [0.1, 0.15) is 23.7 Å². The lowest BCUT2D eigenvalue weighted by Gasteiger charge is -2.44. The van der Waals surface area contributed by atoms with Crippen LogP contribution in [0.2, 0.25) is 0 Å². The molecule has 186 valence electrons. The van der Waals surface area contributed by atoms with E-state index < -0.39 is 57.2 Å². The standard InChI is InChI=1S/C22H26O10S2/c1-33(23,24)31-17-13-27-21(15-9-5-3-6-10-15)29-19(17)20-18(32-34(2,25)26)14-28-22(30-20)16-11-7-4-8-12-16/h3-12,17-22H,13-14H2,1-2H3/t17-,18+,19-,20-,21-,22-/m0/s1. The van der Waals surface area contributed by atoms with Gasteiger partial charge >= 0.3 is 0 Å². The van der Waals surface area contributed by atoms with Crippen LogP contribution in [-0.2, 0) is 47.5 Å². The highest BCUT2D eigenvalue weighted by Gasteiger charge is 2.48. The Morgan fingerprint density at radius 2 is 1.00 bits per heavy atom. The van der Waals surface area contributed by atoms with Crippen LogP contribution in [0.5, 0.6) is 0 Å². The molecule has 2 heterocycles. The van der Waals surface area contributed by atoms with Gasteiger partial charge in [0.1, 0.15) is 24.4 Å². The van der Waals surface area contributed by atoms with Crippen LogP contribution >= 0.6 is 0 Å². The Balaban J connectivity index is 1.67. The van der Waals surface area contributed by atoms with E-state index in [9.17, 15) is 16.8 Å². The average molecular weight is 515 g/mol. The van der Waals surface area contributed by atoms with Crippen molar-refractivity contribution >= 4 is 20.2 Å². The lowest BCUT2D eigenvalue weighted by Crippen LogP contribution is -2.57. The lowest BCUT2D eigenvalue weighted by molar-refractivity contribution is -0.325. The average Bonchev–Trinajstić information content (AvgIpc) is 2.79. The van der Waals surface area contributed by atoms with Crippen LogP contribution in [0.25, 0.3) is 0 Å². The van der Waals surface area contributed by atoms with E-state index in [1.807, 2.05) is 36.4 Å². The van der Waals surface area contributed by atoms with Gasteiger partial charge in [-0.2, -0.15) is 16.8 Å². The molecule has 2 aromatic carbocycles. The topological polar surface area (TPSA) is 124 Å². The Morgan fingerprint density at radius 1 is 0.647 bits per heavy atom. The van der Waals surface area contributed by atoms with Crippen LogP contribution in [0.4, 0.5) is 0 Å². The number of benzene rings is 2. The second-order valence-corrected chi connectivity index (χ2v) is 11.2. The Morgan fingerprint density at radius 3 is 1.32 bits per heavy atom. The second-order valence-electron chi connectivity index (χ2n) is 8.03. The summed E-state index contributed by atoms with van der Waals surface area (Å²) < 4.78 is 82.0. The first-order valence-corrected chi connectivity index (χ1v) is 14.1. The highest BCUT2D eigenvalue weighted by atomic mass is 32.2. The molecule has 10 nitrogen and oxygen atoms in total. The van der Waals surface area contributed by atoms with Gasteiger partial charge in [0, 0.05) is 11.1 Å². The molecule has 2 aliphatic rings. The first-order chi connectivity index (χ1) is 16.1. The van der Waals surface area contributed by atoms with E-state index in [0.29, 0.717) is 11.1 Å². The summed E-state index contributed by atoms with van der Waals surface area (Å²) in [7, 11) is -7.80. The first kappa shape index (κ1) is 25.2. The maximum atomic E-state index is 11.9. The first-order valence-electron chi connectivity index (χ1n) is 10.5. The maximum absolute atomic E-state index is 11.9. The summed E-state index contributed by atoms with van der Waals surface area (Å²) in [6.45, 7) is -0.279. The minimum atomic E-state index is -3.90. The molecule has 2 aromatic rings. The zero-order chi connectivity index (χ0) is 24.3. The zero-order valence-corrected chi connectivity index (χ0v) is 20.2. The smallest absolute Gasteiger partial charge is 0.264 e. The van der Waals surface area contributed by atoms with E-state index in [-0.39, 0.29) is 13.2 Å². The SMILES string of the molecule is CS(=O)(=O)O[C@H]1CO[C@H](c2ccccc2)O[C@@H]1[C@H]1O[C@@H](c2ccccc2)OC[C@H]1OS(C)(=O)=O. The second kappa shape index (κ2) is 10.4. The van der Waals surface area contributed by atoms with Gasteiger partial charge in [-0.3, -0.25) is 8.37 Å². The van der Waals surface area contributed by atoms with Crippen molar-refractivity contribution in [1.29, 1.82) is 0 Å². The summed E-state index contributed by atoms with van der Waals surface area (Å²) in [4.78, 5) is 0. The van der Waals surface area contributed by atoms with Gasteiger partial charge in [0.2, 0.25) is 0 Å². The van der Waals surface area contributed by atoms with E-state index in [1.165, 1.54) is 0 Å². The van der Waals surface area contributed by atoms with Crippen molar-refractivity contribution in [3.63, 3.8) is 0 Å². The van der Waals surface area contributed by atoms with Crippen LogP contribution in [0.15, 0.2) is 60.7 Å². The van der Waals surface area contributed by atoms with Gasteiger partial charge < -0.3 is 18.9 Å². The zero-order valence-electron chi connectivity index (χ0n) is 18.6. The molecule has 0 aliphatic carbocycles. The molecule has 34 heavy (non-hydrogen) atoms. The molecule has 12 heteroatoms. The summed E-state index contributed by atoms with van der Waals surface area (Å²) in [5.74, 6) is 0. The number of hydrogen-bond donors (Lipinski definition) is 0. The van der Waals surface area contributed by atoms with Gasteiger partial charge in [-0.25, -0.2) is 0 Å². The largest absolute Gasteiger partial charge is 0.346 e. The highest BCUT2D eigenvalue weighted by molar-refractivity contribution is 7.86. The van der Waals surface area contributed by atoms with E-state index in [1.54, 1.807) is 24.3 Å². The van der Waals surface area contributed by atoms with Gasteiger partial charge in [0.25, 0.3) is 20.2 Å². The number of ether oxygens (including phenoxy) is 4. The molecule has 2 fully saturated rings. The molecule has 0 radical (unpaired) electrons. The minimum Gasteiger partial charge on any atom is -0.346 e. The summed E-state index contributed by atoms with van der Waals surface area (Å²) >= 11 is 0. The van der Waals surface area contributed by atoms with Crippen molar-refractivity contribution in [2.75, 3.05) is 25.7 Å². The lowest BCUT2D eigenvalue weighted by atomic mass is 10.0. The Hall–Kier alpha value is -1.90. The molecule has 0 saturated carbocycles. The third kappa shape index (κ3) is 6.61. The predicted molar refractivity (Wildman–Crippen MR) is 119 cm³/mol. The molecule has 2 saturated heterocycles. The van der Waals surface area contributed by atoms with Crippen LogP contribution in [0, 0.1) is 0 Å². The molecule has 4 rings (SSSR count). The van der Waals surface area contributed by atoms with E-state index in [4.69, 9.17) is 27.3 Å². The van der Waals surface area contributed by atoms with E-state index >= 15 is 0 Å². The van der Waals surface area contributed by atoms with Gasteiger partial charge in [0.15, 0.2) is 12.6 Å². The normalized spacial score (nSPS) is 30.6. The van der Waals surface area contributed by atoms with Crippen LogP contribution in [0.3, 0.4) is 0 Å². The predicted octanol–water partition coefficient (Wildman–Crippen LogP) is 1.90. The highest BCUT2D eigenvalue weighted by Crippen LogP contribution is 2.37. The molecular weight excluding hydrogens is 488 g/mol. The fraction of sp³-hybridized carbons (Fsp3) is 0.455. The minimum absolute atomic E-state index is 0.139. The van der Waals surface area contributed by atoms with Crippen molar-refractivity contribution in [2.24, 2.45) is 0 Å². The van der Waals surface area contributed by atoms with E-state index in [2.05, 4.69) is 0 Å². The molecule has 0 spiro atoms. The fourth-order valence-corrected chi connectivity index (χ4v) is 5.08. The Labute approximate surface area is 198 Å². The quantitative estimate of drug-likeness (QED) is 0.506. The summed E-state index contributed by atoms with van der Waals surface area (Å²) in [6.07, 6.45) is -4.23. The van der Waals surface area contributed by atoms with Gasteiger partial charge in [-0.1, -0.05) is 60.7 Å². The fourth-order valence-electron chi connectivity index (χ4n) is 3.86. The van der Waals surface area contributed by atoms with Crippen LogP contribution < -0.4 is 0 Å². The Bertz CT molecular complexity index is 1060. The van der Waals surface area contributed by atoms with Gasteiger partial charge in [0.05, 0.1) is 25.7 Å². The van der Waals surface area contributed by atoms with Crippen molar-refractivity contribution in [2.45, 2.75) is 37.0 Å². The monoisotopic (exact) mass is 514 g/mol. The number of hydrogen-bond acceptors (Lipinski definition) is 10. The third-order valence-electron chi connectivity index (χ3n) is 5.18. The molecule has 0 unspecified atom stereocenters. The molecule has 0 N–H and O–H groups in total. The van der Waals surface area contributed by atoms with Crippen LogP contribution in [-0.4, -0.2) is 67.0 Å². The summed E-state index contributed by atoms with van der Waals surface area (Å²) in [5, 5.41) is 0. The summed E-state index contributed by atoms with van der Waals surface area (Å²) in [5.41, 5.74) is 1.38. The molecular formula is C22H26O10S2. The molecule has 0 aromatic heterocycles. The van der Waals surface area contributed by atoms with E-state index in [0.717, 1.165) is 12.5 Å². The van der Waals surface area contributed by atoms with Crippen molar-refractivity contribution in [3.05, 3.63) is 71.8 Å². The van der Waals surface area contributed by atoms with Gasteiger partial charge in [-0.05, 0) is 0 Å². The summed E-state index contributed by atoms with van der Waals surface area (Å²) in [6, 6.07) is 18.1. The maximum Gasteiger partial charge on any atom is 0.264 e.